The van der Waals surface area contributed by atoms with Crippen molar-refractivity contribution < 1.29 is 0 Å². The summed E-state index contributed by atoms with van der Waals surface area (Å²) in [5.74, 6) is 0. The molecule has 0 unspecified atom stereocenters. The normalized spacial score (nSPS) is 34.3. The van der Waals surface area contributed by atoms with Gasteiger partial charge in [0.05, 0.1) is 8.07 Å². The summed E-state index contributed by atoms with van der Waals surface area (Å²) in [5, 5.41) is 0. The molecule has 0 aliphatic carbocycles. The van der Waals surface area contributed by atoms with Crippen molar-refractivity contribution in [3.63, 3.8) is 0 Å². The highest BCUT2D eigenvalue weighted by molar-refractivity contribution is 6.78. The summed E-state index contributed by atoms with van der Waals surface area (Å²) < 4.78 is 0. The molecule has 0 aromatic carbocycles. The molecular weight excluding hydrogens is 124 g/mol. The van der Waals surface area contributed by atoms with E-state index < -0.39 is 8.07 Å². The fourth-order valence-corrected chi connectivity index (χ4v) is 4.31. The van der Waals surface area contributed by atoms with Crippen LogP contribution < -0.4 is 0 Å². The molecule has 1 heterocycles. The molecule has 0 amide bonds. The first-order valence-corrected chi connectivity index (χ1v) is 7.41. The lowest BCUT2D eigenvalue weighted by atomic mass is 10.2. The molecule has 1 saturated heterocycles. The van der Waals surface area contributed by atoms with E-state index >= 15 is 0 Å². The van der Waals surface area contributed by atoms with Crippen molar-refractivity contribution in [3.8, 4) is 0 Å². The third kappa shape index (κ3) is 1.57. The molecule has 0 bridgehead atoms. The molecular formula is C8H18Si. The van der Waals surface area contributed by atoms with Crippen molar-refractivity contribution in [1.82, 2.24) is 0 Å². The molecule has 0 aromatic heterocycles. The fraction of sp³-hybridized carbons (Fsp3) is 1.00. The fourth-order valence-electron chi connectivity index (χ4n) is 1.67. The minimum atomic E-state index is -0.694. The van der Waals surface area contributed by atoms with Gasteiger partial charge in [0.15, 0.2) is 0 Å². The molecule has 0 N–H and O–H groups in total. The molecule has 0 saturated carbocycles. The monoisotopic (exact) mass is 142 g/mol. The van der Waals surface area contributed by atoms with Gasteiger partial charge in [-0.25, -0.2) is 0 Å². The standard InChI is InChI=1S/C8H18Si/c1-8-6-4-5-7-9(8,2)3/h8H,4-7H2,1-3H3/t8-/m1/s1. The van der Waals surface area contributed by atoms with Crippen LogP contribution in [0.15, 0.2) is 0 Å². The lowest BCUT2D eigenvalue weighted by molar-refractivity contribution is 0.635. The zero-order valence-corrected chi connectivity index (χ0v) is 7.91. The van der Waals surface area contributed by atoms with E-state index in [1.165, 1.54) is 19.3 Å². The summed E-state index contributed by atoms with van der Waals surface area (Å²) in [7, 11) is -0.694. The first kappa shape index (κ1) is 7.33. The Labute approximate surface area is 59.7 Å². The second-order valence-electron chi connectivity index (χ2n) is 4.14. The largest absolute Gasteiger partial charge is 0.0692 e. The average Bonchev–Trinajstić information content (AvgIpc) is 1.77. The van der Waals surface area contributed by atoms with Crippen LogP contribution in [0.3, 0.4) is 0 Å². The maximum Gasteiger partial charge on any atom is 0.0502 e. The second-order valence-corrected chi connectivity index (χ2v) is 9.60. The first-order chi connectivity index (χ1) is 4.13. The Morgan fingerprint density at radius 3 is 2.22 bits per heavy atom. The van der Waals surface area contributed by atoms with Crippen LogP contribution in [-0.4, -0.2) is 8.07 Å². The van der Waals surface area contributed by atoms with Gasteiger partial charge in [0.25, 0.3) is 0 Å². The molecule has 0 radical (unpaired) electrons. The van der Waals surface area contributed by atoms with E-state index in [9.17, 15) is 0 Å². The van der Waals surface area contributed by atoms with Crippen molar-refractivity contribution in [1.29, 1.82) is 0 Å². The predicted octanol–water partition coefficient (Wildman–Crippen LogP) is 3.27. The predicted molar refractivity (Wildman–Crippen MR) is 45.6 cm³/mol. The zero-order valence-electron chi connectivity index (χ0n) is 6.91. The molecule has 9 heavy (non-hydrogen) atoms. The average molecular weight is 142 g/mol. The zero-order chi connectivity index (χ0) is 6.91. The topological polar surface area (TPSA) is 0 Å². The van der Waals surface area contributed by atoms with E-state index in [0.717, 1.165) is 5.54 Å². The number of hydrogen-bond acceptors (Lipinski definition) is 0. The molecule has 1 aliphatic rings. The van der Waals surface area contributed by atoms with Crippen LogP contribution in [0.1, 0.15) is 26.2 Å². The lowest BCUT2D eigenvalue weighted by Gasteiger charge is -2.34. The maximum atomic E-state index is 2.54. The minimum Gasteiger partial charge on any atom is -0.0692 e. The van der Waals surface area contributed by atoms with E-state index in [1.807, 2.05) is 0 Å². The smallest absolute Gasteiger partial charge is 0.0502 e. The molecule has 0 nitrogen and oxygen atoms in total. The van der Waals surface area contributed by atoms with Crippen molar-refractivity contribution in [2.24, 2.45) is 0 Å². The summed E-state index contributed by atoms with van der Waals surface area (Å²) >= 11 is 0. The molecule has 1 atom stereocenters. The highest BCUT2D eigenvalue weighted by Gasteiger charge is 2.30. The second kappa shape index (κ2) is 2.45. The molecule has 1 heteroatoms. The summed E-state index contributed by atoms with van der Waals surface area (Å²) in [6.45, 7) is 7.53. The van der Waals surface area contributed by atoms with Gasteiger partial charge in [-0.15, -0.1) is 0 Å². The van der Waals surface area contributed by atoms with Crippen LogP contribution in [0, 0.1) is 0 Å². The first-order valence-electron chi connectivity index (χ1n) is 4.13. The van der Waals surface area contributed by atoms with Gasteiger partial charge >= 0.3 is 0 Å². The Morgan fingerprint density at radius 1 is 1.22 bits per heavy atom. The van der Waals surface area contributed by atoms with Gasteiger partial charge in [0, 0.05) is 0 Å². The van der Waals surface area contributed by atoms with Crippen molar-refractivity contribution >= 4 is 8.07 Å². The number of hydrogen-bond donors (Lipinski definition) is 0. The molecule has 54 valence electrons. The Balaban J connectivity index is 2.49. The van der Waals surface area contributed by atoms with Gasteiger partial charge in [-0.1, -0.05) is 45.3 Å². The highest BCUT2D eigenvalue weighted by Crippen LogP contribution is 2.36. The molecule has 1 rings (SSSR count). The quantitative estimate of drug-likeness (QED) is 0.455. The minimum absolute atomic E-state index is 0.694. The third-order valence-corrected chi connectivity index (χ3v) is 7.64. The van der Waals surface area contributed by atoms with Gasteiger partial charge in [-0.05, 0) is 5.54 Å². The van der Waals surface area contributed by atoms with E-state index in [-0.39, 0.29) is 0 Å². The Hall–Kier alpha value is 0.217. The SMILES string of the molecule is C[C@@H]1CCCC[Si]1(C)C. The summed E-state index contributed by atoms with van der Waals surface area (Å²) in [4.78, 5) is 0. The molecule has 0 spiro atoms. The van der Waals surface area contributed by atoms with E-state index in [1.54, 1.807) is 6.04 Å². The van der Waals surface area contributed by atoms with Crippen molar-refractivity contribution in [2.75, 3.05) is 0 Å². The van der Waals surface area contributed by atoms with Crippen LogP contribution in [0.4, 0.5) is 0 Å². The highest BCUT2D eigenvalue weighted by atomic mass is 28.3. The van der Waals surface area contributed by atoms with Gasteiger partial charge in [-0.3, -0.25) is 0 Å². The lowest BCUT2D eigenvalue weighted by Crippen LogP contribution is -2.33. The van der Waals surface area contributed by atoms with Crippen LogP contribution in [-0.2, 0) is 0 Å². The summed E-state index contributed by atoms with van der Waals surface area (Å²) in [5.41, 5.74) is 1.09. The van der Waals surface area contributed by atoms with Gasteiger partial charge in [-0.2, -0.15) is 0 Å². The van der Waals surface area contributed by atoms with Gasteiger partial charge in [0.1, 0.15) is 0 Å². The molecule has 1 fully saturated rings. The number of rotatable bonds is 0. The van der Waals surface area contributed by atoms with Gasteiger partial charge < -0.3 is 0 Å². The third-order valence-electron chi connectivity index (χ3n) is 3.04. The van der Waals surface area contributed by atoms with Gasteiger partial charge in [0.2, 0.25) is 0 Å². The van der Waals surface area contributed by atoms with Crippen LogP contribution in [0.2, 0.25) is 24.7 Å². The van der Waals surface area contributed by atoms with Crippen LogP contribution in [0.25, 0.3) is 0 Å². The molecule has 0 aromatic rings. The Bertz CT molecular complexity index is 96.7. The van der Waals surface area contributed by atoms with Crippen molar-refractivity contribution in [3.05, 3.63) is 0 Å². The van der Waals surface area contributed by atoms with E-state index in [0.29, 0.717) is 0 Å². The summed E-state index contributed by atoms with van der Waals surface area (Å²) in [6, 6.07) is 1.58. The Kier molecular flexibility index (Phi) is 1.99. The molecule has 1 aliphatic heterocycles. The van der Waals surface area contributed by atoms with Crippen LogP contribution in [0.5, 0.6) is 0 Å². The van der Waals surface area contributed by atoms with Crippen molar-refractivity contribution in [2.45, 2.75) is 50.9 Å². The Morgan fingerprint density at radius 2 is 1.89 bits per heavy atom. The van der Waals surface area contributed by atoms with E-state index in [4.69, 9.17) is 0 Å². The van der Waals surface area contributed by atoms with E-state index in [2.05, 4.69) is 20.0 Å². The maximum absolute atomic E-state index is 2.54. The summed E-state index contributed by atoms with van der Waals surface area (Å²) in [6.07, 6.45) is 4.53. The van der Waals surface area contributed by atoms with Crippen LogP contribution >= 0.6 is 0 Å².